The molecule has 1 atom stereocenters. The third kappa shape index (κ3) is 4.68. The smallest absolute Gasteiger partial charge is 0.338 e. The van der Waals surface area contributed by atoms with Crippen LogP contribution < -0.4 is 19.6 Å². The van der Waals surface area contributed by atoms with E-state index in [0.29, 0.717) is 30.6 Å². The van der Waals surface area contributed by atoms with Crippen molar-refractivity contribution in [2.24, 2.45) is 4.99 Å². The first-order chi connectivity index (χ1) is 17.9. The van der Waals surface area contributed by atoms with Crippen LogP contribution in [0.25, 0.3) is 11.8 Å². The van der Waals surface area contributed by atoms with Gasteiger partial charge in [-0.25, -0.2) is 9.79 Å². The van der Waals surface area contributed by atoms with Gasteiger partial charge in [0.05, 0.1) is 29.5 Å². The van der Waals surface area contributed by atoms with Crippen LogP contribution in [0.3, 0.4) is 0 Å². The first kappa shape index (κ1) is 25.2. The van der Waals surface area contributed by atoms with Crippen LogP contribution in [-0.4, -0.2) is 29.4 Å². The fourth-order valence-electron chi connectivity index (χ4n) is 4.16. The molecule has 3 heterocycles. The predicted molar refractivity (Wildman–Crippen MR) is 148 cm³/mol. The monoisotopic (exact) mass is 596 g/mol. The lowest BCUT2D eigenvalue weighted by Crippen LogP contribution is -2.39. The minimum Gasteiger partial charge on any atom is -0.504 e. The van der Waals surface area contributed by atoms with Gasteiger partial charge in [0.1, 0.15) is 6.04 Å². The Balaban J connectivity index is 1.82. The number of methoxy groups -OCH3 is 1. The van der Waals surface area contributed by atoms with Crippen molar-refractivity contribution in [2.45, 2.75) is 13.0 Å². The molecule has 1 N–H and O–H groups in total. The Morgan fingerprint density at radius 3 is 2.68 bits per heavy atom. The lowest BCUT2D eigenvalue weighted by molar-refractivity contribution is -0.138. The number of phenolic OH excluding ortho intramolecular Hbond substituents is 1. The van der Waals surface area contributed by atoms with Gasteiger partial charge in [-0.1, -0.05) is 63.7 Å². The van der Waals surface area contributed by atoms with Gasteiger partial charge in [0.2, 0.25) is 0 Å². The Morgan fingerprint density at radius 2 is 2.00 bits per heavy atom. The van der Waals surface area contributed by atoms with Crippen molar-refractivity contribution < 1.29 is 19.4 Å². The van der Waals surface area contributed by atoms with Crippen molar-refractivity contribution in [1.29, 1.82) is 0 Å². The number of aromatic hydroxyl groups is 1. The molecule has 4 aromatic rings. The van der Waals surface area contributed by atoms with E-state index in [1.165, 1.54) is 34.4 Å². The average molecular weight is 598 g/mol. The van der Waals surface area contributed by atoms with E-state index in [2.05, 4.69) is 15.9 Å². The minimum absolute atomic E-state index is 0.0801. The number of aromatic nitrogens is 1. The Bertz CT molecular complexity index is 1690. The number of phenols is 1. The molecule has 188 valence electrons. The van der Waals surface area contributed by atoms with E-state index in [0.717, 1.165) is 10.4 Å². The number of hydrogen-bond acceptors (Lipinski definition) is 8. The summed E-state index contributed by atoms with van der Waals surface area (Å²) in [4.78, 5) is 33.2. The molecule has 0 fully saturated rings. The molecular formula is C27H21BrN2O5S2. The number of thiophene rings is 1. The fraction of sp³-hybridized carbons (Fsp3) is 0.148. The van der Waals surface area contributed by atoms with Gasteiger partial charge in [0.15, 0.2) is 16.3 Å². The van der Waals surface area contributed by atoms with Crippen LogP contribution in [0.2, 0.25) is 0 Å². The summed E-state index contributed by atoms with van der Waals surface area (Å²) in [5, 5.41) is 12.6. The van der Waals surface area contributed by atoms with Crippen molar-refractivity contribution in [3.63, 3.8) is 0 Å². The van der Waals surface area contributed by atoms with Crippen LogP contribution in [0.5, 0.6) is 11.5 Å². The number of halogens is 1. The van der Waals surface area contributed by atoms with Gasteiger partial charge in [0.25, 0.3) is 5.56 Å². The minimum atomic E-state index is -0.710. The molecule has 0 aliphatic carbocycles. The van der Waals surface area contributed by atoms with Crippen molar-refractivity contribution in [1.82, 2.24) is 4.57 Å². The number of hydrogen-bond donors (Lipinski definition) is 1. The first-order valence-corrected chi connectivity index (χ1v) is 13.8. The molecule has 0 bridgehead atoms. The third-order valence-corrected chi connectivity index (χ3v) is 8.13. The molecule has 37 heavy (non-hydrogen) atoms. The second-order valence-corrected chi connectivity index (χ2v) is 10.9. The molecule has 7 nitrogen and oxygen atoms in total. The number of carbonyl (C=O) groups excluding carboxylic acids is 1. The number of fused-ring (bicyclic) bond motifs is 1. The zero-order chi connectivity index (χ0) is 26.1. The number of esters is 1. The van der Waals surface area contributed by atoms with Crippen LogP contribution in [0.4, 0.5) is 0 Å². The number of nitrogens with zero attached hydrogens (tertiary/aromatic N) is 2. The average Bonchev–Trinajstić information content (AvgIpc) is 3.54. The number of ether oxygens (including phenoxy) is 2. The van der Waals surface area contributed by atoms with E-state index >= 15 is 0 Å². The Hall–Kier alpha value is -3.47. The molecule has 2 aromatic heterocycles. The second kappa shape index (κ2) is 10.5. The SMILES string of the molecule is CCOC(=O)C1=C(c2ccccc2)N=c2s/c(=C\c3cc(Br)cc(OC)c3O)c(=O)n2C1c1cccs1. The maximum Gasteiger partial charge on any atom is 0.338 e. The molecule has 1 unspecified atom stereocenters. The zero-order valence-electron chi connectivity index (χ0n) is 19.8. The number of rotatable bonds is 6. The number of thiazole rings is 1. The second-order valence-electron chi connectivity index (χ2n) is 7.99. The van der Waals surface area contributed by atoms with Gasteiger partial charge in [-0.2, -0.15) is 0 Å². The van der Waals surface area contributed by atoms with E-state index in [1.807, 2.05) is 47.8 Å². The maximum atomic E-state index is 13.8. The molecule has 5 rings (SSSR count). The van der Waals surface area contributed by atoms with Crippen molar-refractivity contribution >= 4 is 56.3 Å². The van der Waals surface area contributed by atoms with Crippen molar-refractivity contribution in [2.75, 3.05) is 13.7 Å². The zero-order valence-corrected chi connectivity index (χ0v) is 23.0. The summed E-state index contributed by atoms with van der Waals surface area (Å²) < 4.78 is 13.3. The standard InChI is InChI=1S/C27H21BrN2O5S2/c1-3-35-26(33)21-22(15-8-5-4-6-9-15)29-27-30(23(21)19-10-7-11-36-19)25(32)20(37-27)13-16-12-17(28)14-18(34-2)24(16)31/h4-14,23,31H,3H2,1-2H3/b20-13-. The van der Waals surface area contributed by atoms with Gasteiger partial charge in [0, 0.05) is 20.5 Å². The van der Waals surface area contributed by atoms with E-state index < -0.39 is 12.0 Å². The lowest BCUT2D eigenvalue weighted by atomic mass is 9.97. The normalized spacial score (nSPS) is 15.3. The summed E-state index contributed by atoms with van der Waals surface area (Å²) in [7, 11) is 1.46. The summed E-state index contributed by atoms with van der Waals surface area (Å²) in [5.74, 6) is -0.323. The molecule has 10 heteroatoms. The fourth-order valence-corrected chi connectivity index (χ4v) is 6.43. The van der Waals surface area contributed by atoms with E-state index in [9.17, 15) is 14.7 Å². The highest BCUT2D eigenvalue weighted by atomic mass is 79.9. The highest BCUT2D eigenvalue weighted by Crippen LogP contribution is 2.37. The predicted octanol–water partition coefficient (Wildman–Crippen LogP) is 4.47. The Labute approximate surface area is 228 Å². The molecule has 0 radical (unpaired) electrons. The molecule has 0 saturated carbocycles. The molecular weight excluding hydrogens is 576 g/mol. The van der Waals surface area contributed by atoms with Crippen molar-refractivity contribution in [3.05, 3.63) is 106 Å². The molecule has 2 aromatic carbocycles. The quantitative estimate of drug-likeness (QED) is 0.332. The summed E-state index contributed by atoms with van der Waals surface area (Å²) >= 11 is 6.06. The summed E-state index contributed by atoms with van der Waals surface area (Å²) in [6.07, 6.45) is 1.61. The highest BCUT2D eigenvalue weighted by molar-refractivity contribution is 9.10. The van der Waals surface area contributed by atoms with Crippen LogP contribution in [0.1, 0.15) is 29.0 Å². The highest BCUT2D eigenvalue weighted by Gasteiger charge is 2.35. The van der Waals surface area contributed by atoms with Gasteiger partial charge >= 0.3 is 5.97 Å². The van der Waals surface area contributed by atoms with E-state index in [4.69, 9.17) is 14.5 Å². The van der Waals surface area contributed by atoms with Gasteiger partial charge < -0.3 is 14.6 Å². The number of carbonyl (C=O) groups is 1. The third-order valence-electron chi connectivity index (χ3n) is 5.76. The molecule has 0 saturated heterocycles. The van der Waals surface area contributed by atoms with Crippen LogP contribution in [-0.2, 0) is 9.53 Å². The van der Waals surface area contributed by atoms with Crippen molar-refractivity contribution in [3.8, 4) is 11.5 Å². The van der Waals surface area contributed by atoms with Crippen LogP contribution in [0.15, 0.2) is 79.8 Å². The molecule has 1 aliphatic rings. The summed E-state index contributed by atoms with van der Waals surface area (Å²) in [6, 6.07) is 15.8. The summed E-state index contributed by atoms with van der Waals surface area (Å²) in [5.41, 5.74) is 1.62. The Morgan fingerprint density at radius 1 is 1.22 bits per heavy atom. The van der Waals surface area contributed by atoms with Gasteiger partial charge in [-0.15, -0.1) is 11.3 Å². The lowest BCUT2D eigenvalue weighted by Gasteiger charge is -2.24. The first-order valence-electron chi connectivity index (χ1n) is 11.3. The number of benzene rings is 2. The molecule has 0 amide bonds. The van der Waals surface area contributed by atoms with Crippen LogP contribution >= 0.6 is 38.6 Å². The molecule has 1 aliphatic heterocycles. The van der Waals surface area contributed by atoms with E-state index in [-0.39, 0.29) is 23.7 Å². The van der Waals surface area contributed by atoms with E-state index in [1.54, 1.807) is 25.1 Å². The molecule has 0 spiro atoms. The topological polar surface area (TPSA) is 90.1 Å². The van der Waals surface area contributed by atoms with Gasteiger partial charge in [-0.3, -0.25) is 9.36 Å². The van der Waals surface area contributed by atoms with Gasteiger partial charge in [-0.05, 0) is 36.6 Å². The Kier molecular flexibility index (Phi) is 7.14. The largest absolute Gasteiger partial charge is 0.504 e. The van der Waals surface area contributed by atoms with Crippen LogP contribution in [0, 0.1) is 0 Å². The summed E-state index contributed by atoms with van der Waals surface area (Å²) in [6.45, 7) is 1.94. The maximum absolute atomic E-state index is 13.8.